The van der Waals surface area contributed by atoms with Crippen LogP contribution in [-0.2, 0) is 14.8 Å². The first kappa shape index (κ1) is 16.3. The Labute approximate surface area is 119 Å². The first-order valence-electron chi connectivity index (χ1n) is 6.20. The average Bonchev–Trinajstić information content (AvgIpc) is 2.44. The summed E-state index contributed by atoms with van der Waals surface area (Å²) >= 11 is 0. The van der Waals surface area contributed by atoms with Gasteiger partial charge in [0, 0.05) is 12.7 Å². The van der Waals surface area contributed by atoms with Crippen molar-refractivity contribution < 1.29 is 13.2 Å². The van der Waals surface area contributed by atoms with Crippen LogP contribution in [0.5, 0.6) is 0 Å². The molecule has 0 aliphatic carbocycles. The van der Waals surface area contributed by atoms with E-state index >= 15 is 0 Å². The van der Waals surface area contributed by atoms with Crippen LogP contribution < -0.4 is 0 Å². The zero-order valence-electron chi connectivity index (χ0n) is 11.4. The van der Waals surface area contributed by atoms with E-state index in [-0.39, 0.29) is 23.9 Å². The number of pyridine rings is 1. The van der Waals surface area contributed by atoms with Gasteiger partial charge in [0.15, 0.2) is 10.8 Å². The molecule has 0 spiro atoms. The molecule has 0 amide bonds. The number of ketones is 1. The maximum absolute atomic E-state index is 12.4. The van der Waals surface area contributed by atoms with E-state index in [0.29, 0.717) is 6.42 Å². The van der Waals surface area contributed by atoms with Gasteiger partial charge in [0.25, 0.3) is 10.0 Å². The number of carbonyl (C=O) groups is 1. The van der Waals surface area contributed by atoms with Crippen molar-refractivity contribution in [2.45, 2.75) is 18.4 Å². The van der Waals surface area contributed by atoms with Crippen LogP contribution in [0.25, 0.3) is 0 Å². The van der Waals surface area contributed by atoms with Gasteiger partial charge in [-0.05, 0) is 31.6 Å². The van der Waals surface area contributed by atoms with E-state index in [9.17, 15) is 13.2 Å². The zero-order chi connectivity index (χ0) is 15.0. The van der Waals surface area contributed by atoms with E-state index < -0.39 is 10.0 Å². The zero-order valence-corrected chi connectivity index (χ0v) is 12.2. The van der Waals surface area contributed by atoms with Gasteiger partial charge in [-0.2, -0.15) is 4.31 Å². The highest BCUT2D eigenvalue weighted by Gasteiger charge is 2.26. The molecule has 5 nitrogen and oxygen atoms in total. The summed E-state index contributed by atoms with van der Waals surface area (Å²) in [5, 5.41) is -0.0580. The molecule has 0 aliphatic rings. The maximum Gasteiger partial charge on any atom is 0.260 e. The first-order chi connectivity index (χ1) is 9.52. The Hall–Kier alpha value is -1.79. The second-order valence-electron chi connectivity index (χ2n) is 4.05. The summed E-state index contributed by atoms with van der Waals surface area (Å²) in [5.41, 5.74) is 0. The third-order valence-electron chi connectivity index (χ3n) is 2.51. The quantitative estimate of drug-likeness (QED) is 0.541. The Bertz CT molecular complexity index is 580. The number of hydrogen-bond donors (Lipinski definition) is 0. The number of allylic oxidation sites excluding steroid dienone is 1. The Balaban J connectivity index is 3.03. The molecule has 1 aromatic heterocycles. The average molecular weight is 294 g/mol. The van der Waals surface area contributed by atoms with Gasteiger partial charge in [0.05, 0.1) is 6.54 Å². The predicted molar refractivity (Wildman–Crippen MR) is 77.6 cm³/mol. The Morgan fingerprint density at radius 3 is 2.75 bits per heavy atom. The third kappa shape index (κ3) is 4.40. The molecule has 0 radical (unpaired) electrons. The van der Waals surface area contributed by atoms with Crippen LogP contribution >= 0.6 is 0 Å². The van der Waals surface area contributed by atoms with Crippen molar-refractivity contribution in [2.75, 3.05) is 13.1 Å². The van der Waals surface area contributed by atoms with Gasteiger partial charge >= 0.3 is 0 Å². The molecule has 0 saturated carbocycles. The second-order valence-corrected chi connectivity index (χ2v) is 5.94. The van der Waals surface area contributed by atoms with Gasteiger partial charge in [-0.1, -0.05) is 18.2 Å². The van der Waals surface area contributed by atoms with Crippen LogP contribution in [0.2, 0.25) is 0 Å². The number of hydrogen-bond acceptors (Lipinski definition) is 4. The Morgan fingerprint density at radius 2 is 2.20 bits per heavy atom. The molecule has 108 valence electrons. The molecule has 20 heavy (non-hydrogen) atoms. The molecule has 0 unspecified atom stereocenters. The van der Waals surface area contributed by atoms with Crippen molar-refractivity contribution in [3.8, 4) is 0 Å². The van der Waals surface area contributed by atoms with E-state index in [1.54, 1.807) is 31.2 Å². The lowest BCUT2D eigenvalue weighted by atomic mass is 10.3. The van der Waals surface area contributed by atoms with Crippen LogP contribution in [0.4, 0.5) is 0 Å². The highest BCUT2D eigenvalue weighted by Crippen LogP contribution is 2.13. The summed E-state index contributed by atoms with van der Waals surface area (Å²) in [6.45, 7) is 5.28. The summed E-state index contributed by atoms with van der Waals surface area (Å²) < 4.78 is 26.0. The molecule has 0 atom stereocenters. The van der Waals surface area contributed by atoms with Crippen LogP contribution in [0, 0.1) is 0 Å². The normalized spacial score (nSPS) is 11.9. The van der Waals surface area contributed by atoms with Crippen molar-refractivity contribution in [1.82, 2.24) is 9.29 Å². The van der Waals surface area contributed by atoms with E-state index in [1.807, 2.05) is 0 Å². The van der Waals surface area contributed by atoms with Crippen molar-refractivity contribution >= 4 is 15.8 Å². The second kappa shape index (κ2) is 7.72. The lowest BCUT2D eigenvalue weighted by Gasteiger charge is -2.19. The van der Waals surface area contributed by atoms with E-state index in [1.165, 1.54) is 18.3 Å². The number of aromatic nitrogens is 1. The number of carbonyl (C=O) groups excluding carboxylic acids is 1. The molecule has 1 heterocycles. The molecule has 1 aromatic rings. The minimum Gasteiger partial charge on any atom is -0.293 e. The number of nitrogens with zero attached hydrogens (tertiary/aromatic N) is 2. The molecule has 0 N–H and O–H groups in total. The van der Waals surface area contributed by atoms with Gasteiger partial charge in [-0.3, -0.25) is 4.79 Å². The largest absolute Gasteiger partial charge is 0.293 e. The molecular formula is C14H18N2O3S. The molecule has 1 rings (SSSR count). The van der Waals surface area contributed by atoms with Gasteiger partial charge in [0.1, 0.15) is 0 Å². The molecule has 0 aliphatic heterocycles. The van der Waals surface area contributed by atoms with Crippen molar-refractivity contribution in [3.05, 3.63) is 49.2 Å². The minimum atomic E-state index is -3.77. The number of sulfonamides is 1. The highest BCUT2D eigenvalue weighted by atomic mass is 32.2. The lowest BCUT2D eigenvalue weighted by Crippen LogP contribution is -2.36. The topological polar surface area (TPSA) is 67.3 Å². The molecular weight excluding hydrogens is 276 g/mol. The van der Waals surface area contributed by atoms with Crippen molar-refractivity contribution in [3.63, 3.8) is 0 Å². The molecule has 0 bridgehead atoms. The fourth-order valence-corrected chi connectivity index (χ4v) is 2.92. The van der Waals surface area contributed by atoms with Gasteiger partial charge < -0.3 is 0 Å². The smallest absolute Gasteiger partial charge is 0.260 e. The molecule has 0 fully saturated rings. The summed E-state index contributed by atoms with van der Waals surface area (Å²) in [6, 6.07) is 4.65. The monoisotopic (exact) mass is 294 g/mol. The number of rotatable bonds is 8. The van der Waals surface area contributed by atoms with Crippen molar-refractivity contribution in [1.29, 1.82) is 0 Å². The van der Waals surface area contributed by atoms with Crippen LogP contribution in [0.1, 0.15) is 13.3 Å². The fraction of sp³-hybridized carbons (Fsp3) is 0.286. The SMILES string of the molecule is C=CCCN(CC(=O)/C=C/C)S(=O)(=O)c1ccccn1. The molecule has 0 saturated heterocycles. The summed E-state index contributed by atoms with van der Waals surface area (Å²) in [5.74, 6) is -0.268. The first-order valence-corrected chi connectivity index (χ1v) is 7.64. The highest BCUT2D eigenvalue weighted by molar-refractivity contribution is 7.89. The van der Waals surface area contributed by atoms with Gasteiger partial charge in [0.2, 0.25) is 0 Å². The standard InChI is InChI=1S/C14H18N2O3S/c1-3-5-11-16(12-13(17)8-4-2)20(18,19)14-9-6-7-10-15-14/h3-4,6-10H,1,5,11-12H2,2H3/b8-4+. The maximum atomic E-state index is 12.4. The van der Waals surface area contributed by atoms with Gasteiger partial charge in [-0.25, -0.2) is 13.4 Å². The van der Waals surface area contributed by atoms with Crippen molar-refractivity contribution in [2.24, 2.45) is 0 Å². The third-order valence-corrected chi connectivity index (χ3v) is 4.27. The van der Waals surface area contributed by atoms with Crippen LogP contribution in [-0.4, -0.2) is 36.6 Å². The van der Waals surface area contributed by atoms with Crippen LogP contribution in [0.15, 0.2) is 54.2 Å². The Kier molecular flexibility index (Phi) is 6.27. The molecule has 6 heteroatoms. The summed E-state index contributed by atoms with van der Waals surface area (Å²) in [7, 11) is -3.77. The summed E-state index contributed by atoms with van der Waals surface area (Å²) in [6.07, 6.45) is 6.43. The van der Waals surface area contributed by atoms with Crippen LogP contribution in [0.3, 0.4) is 0 Å². The van der Waals surface area contributed by atoms with E-state index in [4.69, 9.17) is 0 Å². The summed E-state index contributed by atoms with van der Waals surface area (Å²) in [4.78, 5) is 15.5. The minimum absolute atomic E-state index is 0.0580. The fourth-order valence-electron chi connectivity index (χ4n) is 1.56. The predicted octanol–water partition coefficient (Wildman–Crippen LogP) is 1.79. The van der Waals surface area contributed by atoms with E-state index in [2.05, 4.69) is 11.6 Å². The van der Waals surface area contributed by atoms with Gasteiger partial charge in [-0.15, -0.1) is 6.58 Å². The Morgan fingerprint density at radius 1 is 1.45 bits per heavy atom. The molecule has 0 aromatic carbocycles. The van der Waals surface area contributed by atoms with E-state index in [0.717, 1.165) is 4.31 Å². The lowest BCUT2D eigenvalue weighted by molar-refractivity contribution is -0.114.